The first-order chi connectivity index (χ1) is 8.97. The second kappa shape index (κ2) is 5.75. The third kappa shape index (κ3) is 3.81. The Hall–Kier alpha value is -1.34. The lowest BCUT2D eigenvalue weighted by Crippen LogP contribution is -2.42. The van der Waals surface area contributed by atoms with Crippen molar-refractivity contribution in [3.63, 3.8) is 0 Å². The lowest BCUT2D eigenvalue weighted by atomic mass is 10.2. The van der Waals surface area contributed by atoms with Gasteiger partial charge in [0, 0.05) is 19.6 Å². The minimum atomic E-state index is -4.53. The van der Waals surface area contributed by atoms with Crippen molar-refractivity contribution in [3.8, 4) is 0 Å². The molecular weight excluding hydrogens is 264 g/mol. The predicted molar refractivity (Wildman–Crippen MR) is 62.5 cm³/mol. The standard InChI is InChI=1S/C12H14F4N2O/c13-10-5-8(12(14,15)16)1-2-11(10)18-7-9-6-17-3-4-19-9/h1-2,5,9,17-18H,3-4,6-7H2. The van der Waals surface area contributed by atoms with Crippen LogP contribution in [0.2, 0.25) is 0 Å². The fourth-order valence-corrected chi connectivity index (χ4v) is 1.81. The average molecular weight is 278 g/mol. The Bertz CT molecular complexity index is 430. The molecule has 1 aromatic rings. The van der Waals surface area contributed by atoms with Crippen LogP contribution in [0.5, 0.6) is 0 Å². The molecule has 0 aliphatic carbocycles. The summed E-state index contributed by atoms with van der Waals surface area (Å²) in [5.74, 6) is -0.918. The number of nitrogens with one attached hydrogen (secondary N) is 2. The van der Waals surface area contributed by atoms with Crippen LogP contribution in [0, 0.1) is 5.82 Å². The molecule has 1 fully saturated rings. The van der Waals surface area contributed by atoms with E-state index in [4.69, 9.17) is 4.74 Å². The van der Waals surface area contributed by atoms with Crippen LogP contribution in [0.3, 0.4) is 0 Å². The number of hydrogen-bond acceptors (Lipinski definition) is 3. The van der Waals surface area contributed by atoms with E-state index in [9.17, 15) is 17.6 Å². The van der Waals surface area contributed by atoms with Crippen molar-refractivity contribution >= 4 is 5.69 Å². The number of benzene rings is 1. The molecule has 0 amide bonds. The monoisotopic (exact) mass is 278 g/mol. The van der Waals surface area contributed by atoms with Gasteiger partial charge in [0.1, 0.15) is 5.82 Å². The normalized spacial score (nSPS) is 20.3. The van der Waals surface area contributed by atoms with E-state index in [0.717, 1.165) is 18.7 Å². The van der Waals surface area contributed by atoms with E-state index in [2.05, 4.69) is 10.6 Å². The first-order valence-corrected chi connectivity index (χ1v) is 5.90. The summed E-state index contributed by atoms with van der Waals surface area (Å²) in [5.41, 5.74) is -0.951. The Balaban J connectivity index is 1.97. The van der Waals surface area contributed by atoms with Gasteiger partial charge in [-0.2, -0.15) is 13.2 Å². The molecule has 1 aliphatic rings. The van der Waals surface area contributed by atoms with Gasteiger partial charge in [-0.25, -0.2) is 4.39 Å². The lowest BCUT2D eigenvalue weighted by molar-refractivity contribution is -0.137. The van der Waals surface area contributed by atoms with Crippen molar-refractivity contribution in [1.82, 2.24) is 5.32 Å². The van der Waals surface area contributed by atoms with Gasteiger partial charge in [-0.05, 0) is 18.2 Å². The molecule has 1 unspecified atom stereocenters. The van der Waals surface area contributed by atoms with Crippen molar-refractivity contribution in [2.45, 2.75) is 12.3 Å². The maximum Gasteiger partial charge on any atom is 0.416 e. The predicted octanol–water partition coefficient (Wildman–Crippen LogP) is 2.24. The van der Waals surface area contributed by atoms with Crippen LogP contribution in [-0.2, 0) is 10.9 Å². The Labute approximate surface area is 107 Å². The highest BCUT2D eigenvalue weighted by Gasteiger charge is 2.31. The van der Waals surface area contributed by atoms with Crippen molar-refractivity contribution in [2.75, 3.05) is 31.6 Å². The smallest absolute Gasteiger partial charge is 0.380 e. The second-order valence-corrected chi connectivity index (χ2v) is 4.27. The Kier molecular flexibility index (Phi) is 4.26. The van der Waals surface area contributed by atoms with E-state index >= 15 is 0 Å². The van der Waals surface area contributed by atoms with E-state index in [1.807, 2.05) is 0 Å². The number of alkyl halides is 3. The zero-order chi connectivity index (χ0) is 13.9. The van der Waals surface area contributed by atoms with Crippen molar-refractivity contribution < 1.29 is 22.3 Å². The zero-order valence-corrected chi connectivity index (χ0v) is 10.1. The van der Waals surface area contributed by atoms with E-state index < -0.39 is 17.6 Å². The van der Waals surface area contributed by atoms with E-state index in [0.29, 0.717) is 25.8 Å². The molecule has 3 nitrogen and oxygen atoms in total. The van der Waals surface area contributed by atoms with Gasteiger partial charge in [0.15, 0.2) is 0 Å². The van der Waals surface area contributed by atoms with Gasteiger partial charge < -0.3 is 15.4 Å². The van der Waals surface area contributed by atoms with Crippen LogP contribution in [0.25, 0.3) is 0 Å². The molecule has 0 bridgehead atoms. The second-order valence-electron chi connectivity index (χ2n) is 4.27. The third-order valence-corrected chi connectivity index (χ3v) is 2.82. The molecule has 1 saturated heterocycles. The molecule has 106 valence electrons. The summed E-state index contributed by atoms with van der Waals surface area (Å²) in [6.07, 6.45) is -4.65. The third-order valence-electron chi connectivity index (χ3n) is 2.82. The molecule has 2 rings (SSSR count). The van der Waals surface area contributed by atoms with Crippen LogP contribution >= 0.6 is 0 Å². The highest BCUT2D eigenvalue weighted by Crippen LogP contribution is 2.31. The number of halogens is 4. The number of anilines is 1. The van der Waals surface area contributed by atoms with Gasteiger partial charge in [0.2, 0.25) is 0 Å². The quantitative estimate of drug-likeness (QED) is 0.832. The maximum absolute atomic E-state index is 13.5. The first-order valence-electron chi connectivity index (χ1n) is 5.90. The van der Waals surface area contributed by atoms with Gasteiger partial charge in [-0.15, -0.1) is 0 Å². The molecule has 19 heavy (non-hydrogen) atoms. The Morgan fingerprint density at radius 3 is 2.74 bits per heavy atom. The van der Waals surface area contributed by atoms with Crippen LogP contribution in [0.1, 0.15) is 5.56 Å². The van der Waals surface area contributed by atoms with Crippen LogP contribution in [-0.4, -0.2) is 32.3 Å². The fourth-order valence-electron chi connectivity index (χ4n) is 1.81. The molecule has 1 heterocycles. The summed E-state index contributed by atoms with van der Waals surface area (Å²) in [5, 5.41) is 5.86. The Morgan fingerprint density at radius 2 is 2.16 bits per heavy atom. The summed E-state index contributed by atoms with van der Waals surface area (Å²) in [7, 11) is 0. The average Bonchev–Trinajstić information content (AvgIpc) is 2.37. The van der Waals surface area contributed by atoms with Gasteiger partial charge >= 0.3 is 6.18 Å². The van der Waals surface area contributed by atoms with Gasteiger partial charge in [0.05, 0.1) is 24.0 Å². The molecule has 7 heteroatoms. The molecule has 1 atom stereocenters. The molecule has 0 saturated carbocycles. The summed E-state index contributed by atoms with van der Waals surface area (Å²) in [6.45, 7) is 2.32. The van der Waals surface area contributed by atoms with E-state index in [1.54, 1.807) is 0 Å². The van der Waals surface area contributed by atoms with Crippen LogP contribution in [0.4, 0.5) is 23.2 Å². The van der Waals surface area contributed by atoms with Gasteiger partial charge in [-0.1, -0.05) is 0 Å². The fraction of sp³-hybridized carbons (Fsp3) is 0.500. The molecule has 0 radical (unpaired) electrons. The highest BCUT2D eigenvalue weighted by molar-refractivity contribution is 5.47. The summed E-state index contributed by atoms with van der Waals surface area (Å²) >= 11 is 0. The Morgan fingerprint density at radius 1 is 1.37 bits per heavy atom. The largest absolute Gasteiger partial charge is 0.416 e. The van der Waals surface area contributed by atoms with Crippen molar-refractivity contribution in [1.29, 1.82) is 0 Å². The molecule has 0 aromatic heterocycles. The van der Waals surface area contributed by atoms with E-state index in [1.165, 1.54) is 0 Å². The number of morpholine rings is 1. The maximum atomic E-state index is 13.5. The minimum absolute atomic E-state index is 0.0437. The molecule has 1 aliphatic heterocycles. The number of hydrogen-bond donors (Lipinski definition) is 2. The lowest BCUT2D eigenvalue weighted by Gasteiger charge is -2.24. The number of ether oxygens (including phenoxy) is 1. The SMILES string of the molecule is Fc1cc(C(F)(F)F)ccc1NCC1CNCCO1. The summed E-state index contributed by atoms with van der Waals surface area (Å²) < 4.78 is 56.0. The van der Waals surface area contributed by atoms with Gasteiger partial charge in [0.25, 0.3) is 0 Å². The van der Waals surface area contributed by atoms with E-state index in [-0.39, 0.29) is 11.8 Å². The van der Waals surface area contributed by atoms with Crippen LogP contribution in [0.15, 0.2) is 18.2 Å². The first kappa shape index (κ1) is 14.1. The van der Waals surface area contributed by atoms with Crippen LogP contribution < -0.4 is 10.6 Å². The zero-order valence-electron chi connectivity index (χ0n) is 10.1. The molecule has 2 N–H and O–H groups in total. The topological polar surface area (TPSA) is 33.3 Å². The molecule has 1 aromatic carbocycles. The highest BCUT2D eigenvalue weighted by atomic mass is 19.4. The van der Waals surface area contributed by atoms with Crippen molar-refractivity contribution in [3.05, 3.63) is 29.6 Å². The number of rotatable bonds is 3. The van der Waals surface area contributed by atoms with Crippen molar-refractivity contribution in [2.24, 2.45) is 0 Å². The summed E-state index contributed by atoms with van der Waals surface area (Å²) in [4.78, 5) is 0. The molecule has 0 spiro atoms. The molecular formula is C12H14F4N2O. The minimum Gasteiger partial charge on any atom is -0.380 e. The van der Waals surface area contributed by atoms with Gasteiger partial charge in [-0.3, -0.25) is 0 Å². The summed E-state index contributed by atoms with van der Waals surface area (Å²) in [6, 6.07) is 2.43.